The van der Waals surface area contributed by atoms with E-state index in [2.05, 4.69) is 0 Å². The molecule has 1 aromatic rings. The van der Waals surface area contributed by atoms with Gasteiger partial charge in [0.15, 0.2) is 0 Å². The predicted octanol–water partition coefficient (Wildman–Crippen LogP) is 1.20. The summed E-state index contributed by atoms with van der Waals surface area (Å²) in [5.74, 6) is -1.70. The van der Waals surface area contributed by atoms with Crippen LogP contribution in [0.3, 0.4) is 0 Å². The SMILES string of the molecule is COc1cccc(C)c1CC(=O)C(=O)O. The van der Waals surface area contributed by atoms with Crippen molar-refractivity contribution in [3.63, 3.8) is 0 Å². The van der Waals surface area contributed by atoms with Gasteiger partial charge in [0, 0.05) is 12.0 Å². The number of benzene rings is 1. The number of carbonyl (C=O) groups excluding carboxylic acids is 1. The third-order valence-corrected chi connectivity index (χ3v) is 2.16. The lowest BCUT2D eigenvalue weighted by Gasteiger charge is -2.09. The number of carboxylic acids is 1. The summed E-state index contributed by atoms with van der Waals surface area (Å²) >= 11 is 0. The highest BCUT2D eigenvalue weighted by Gasteiger charge is 2.16. The minimum absolute atomic E-state index is 0.134. The van der Waals surface area contributed by atoms with Crippen molar-refractivity contribution >= 4 is 11.8 Å². The van der Waals surface area contributed by atoms with Crippen LogP contribution in [0.4, 0.5) is 0 Å². The van der Waals surface area contributed by atoms with E-state index in [9.17, 15) is 9.59 Å². The zero-order valence-electron chi connectivity index (χ0n) is 8.61. The molecule has 0 bridgehead atoms. The zero-order chi connectivity index (χ0) is 11.4. The molecule has 0 saturated heterocycles. The lowest BCUT2D eigenvalue weighted by molar-refractivity contribution is -0.148. The van der Waals surface area contributed by atoms with E-state index in [1.807, 2.05) is 13.0 Å². The Bertz CT molecular complexity index is 396. The number of methoxy groups -OCH3 is 1. The van der Waals surface area contributed by atoms with Gasteiger partial charge in [-0.15, -0.1) is 0 Å². The zero-order valence-corrected chi connectivity index (χ0v) is 8.61. The number of aryl methyl sites for hydroxylation is 1. The van der Waals surface area contributed by atoms with Gasteiger partial charge < -0.3 is 9.84 Å². The van der Waals surface area contributed by atoms with E-state index < -0.39 is 11.8 Å². The van der Waals surface area contributed by atoms with Crippen molar-refractivity contribution < 1.29 is 19.4 Å². The fourth-order valence-electron chi connectivity index (χ4n) is 1.33. The Hall–Kier alpha value is -1.84. The molecule has 1 rings (SSSR count). The summed E-state index contributed by atoms with van der Waals surface area (Å²) in [5, 5.41) is 8.51. The van der Waals surface area contributed by atoms with Crippen molar-refractivity contribution in [2.75, 3.05) is 7.11 Å². The Morgan fingerprint density at radius 2 is 2.07 bits per heavy atom. The van der Waals surface area contributed by atoms with Crippen LogP contribution in [0.15, 0.2) is 18.2 Å². The van der Waals surface area contributed by atoms with Gasteiger partial charge in [-0.05, 0) is 18.6 Å². The molecule has 80 valence electrons. The first-order valence-corrected chi connectivity index (χ1v) is 4.45. The van der Waals surface area contributed by atoms with Gasteiger partial charge in [-0.3, -0.25) is 4.79 Å². The Morgan fingerprint density at radius 1 is 1.40 bits per heavy atom. The smallest absolute Gasteiger partial charge is 0.372 e. The second-order valence-electron chi connectivity index (χ2n) is 3.16. The molecular formula is C11H12O4. The van der Waals surface area contributed by atoms with E-state index in [1.54, 1.807) is 12.1 Å². The molecule has 1 aromatic carbocycles. The van der Waals surface area contributed by atoms with Gasteiger partial charge in [0.2, 0.25) is 5.78 Å². The van der Waals surface area contributed by atoms with Crippen LogP contribution in [0.2, 0.25) is 0 Å². The molecule has 0 aromatic heterocycles. The number of hydrogen-bond donors (Lipinski definition) is 1. The molecule has 0 saturated carbocycles. The van der Waals surface area contributed by atoms with E-state index in [4.69, 9.17) is 9.84 Å². The number of carbonyl (C=O) groups is 2. The Kier molecular flexibility index (Phi) is 3.44. The number of ketones is 1. The normalized spacial score (nSPS) is 9.73. The maximum Gasteiger partial charge on any atom is 0.372 e. The molecule has 0 radical (unpaired) electrons. The number of aliphatic carboxylic acids is 1. The quantitative estimate of drug-likeness (QED) is 0.755. The van der Waals surface area contributed by atoms with E-state index in [1.165, 1.54) is 7.11 Å². The molecule has 0 amide bonds. The van der Waals surface area contributed by atoms with Crippen LogP contribution in [-0.4, -0.2) is 24.0 Å². The van der Waals surface area contributed by atoms with Crippen molar-refractivity contribution in [1.82, 2.24) is 0 Å². The number of rotatable bonds is 4. The molecule has 0 aliphatic heterocycles. The van der Waals surface area contributed by atoms with Gasteiger partial charge in [-0.25, -0.2) is 4.79 Å². The van der Waals surface area contributed by atoms with E-state index in [-0.39, 0.29) is 6.42 Å². The third-order valence-electron chi connectivity index (χ3n) is 2.16. The molecule has 0 atom stereocenters. The van der Waals surface area contributed by atoms with E-state index >= 15 is 0 Å². The number of carboxylic acid groups (broad SMARTS) is 1. The second-order valence-corrected chi connectivity index (χ2v) is 3.16. The van der Waals surface area contributed by atoms with Crippen molar-refractivity contribution in [2.45, 2.75) is 13.3 Å². The fourth-order valence-corrected chi connectivity index (χ4v) is 1.33. The minimum Gasteiger partial charge on any atom is -0.496 e. The summed E-state index contributed by atoms with van der Waals surface area (Å²) in [6.45, 7) is 1.81. The maximum absolute atomic E-state index is 11.1. The monoisotopic (exact) mass is 208 g/mol. The first-order valence-electron chi connectivity index (χ1n) is 4.45. The molecule has 4 heteroatoms. The van der Waals surface area contributed by atoms with Crippen molar-refractivity contribution in [3.05, 3.63) is 29.3 Å². The Morgan fingerprint density at radius 3 is 2.60 bits per heavy atom. The van der Waals surface area contributed by atoms with E-state index in [0.717, 1.165) is 5.56 Å². The van der Waals surface area contributed by atoms with Crippen LogP contribution in [-0.2, 0) is 16.0 Å². The standard InChI is InChI=1S/C11H12O4/c1-7-4-3-5-10(15-2)8(7)6-9(12)11(13)14/h3-5H,6H2,1-2H3,(H,13,14). The summed E-state index contributed by atoms with van der Waals surface area (Å²) in [4.78, 5) is 21.5. The first-order chi connectivity index (χ1) is 7.06. The molecule has 1 N–H and O–H groups in total. The lowest BCUT2D eigenvalue weighted by Crippen LogP contribution is -2.16. The molecule has 0 aliphatic carbocycles. The second kappa shape index (κ2) is 4.59. The van der Waals surface area contributed by atoms with Crippen LogP contribution >= 0.6 is 0 Å². The molecule has 0 fully saturated rings. The lowest BCUT2D eigenvalue weighted by atomic mass is 10.0. The molecule has 0 aliphatic rings. The number of Topliss-reactive ketones (excluding diaryl/α,β-unsaturated/α-hetero) is 1. The average Bonchev–Trinajstić information content (AvgIpc) is 2.20. The highest BCUT2D eigenvalue weighted by Crippen LogP contribution is 2.22. The van der Waals surface area contributed by atoms with Gasteiger partial charge in [-0.2, -0.15) is 0 Å². The number of hydrogen-bond acceptors (Lipinski definition) is 3. The van der Waals surface area contributed by atoms with Gasteiger partial charge in [0.05, 0.1) is 7.11 Å². The molecular weight excluding hydrogens is 196 g/mol. The van der Waals surface area contributed by atoms with Crippen molar-refractivity contribution in [1.29, 1.82) is 0 Å². The van der Waals surface area contributed by atoms with Gasteiger partial charge >= 0.3 is 5.97 Å². The summed E-state index contributed by atoms with van der Waals surface area (Å²) in [6.07, 6.45) is -0.134. The molecule has 0 spiro atoms. The highest BCUT2D eigenvalue weighted by molar-refractivity contribution is 6.33. The third kappa shape index (κ3) is 2.56. The van der Waals surface area contributed by atoms with Crippen molar-refractivity contribution in [3.8, 4) is 5.75 Å². The minimum atomic E-state index is -1.42. The van der Waals surface area contributed by atoms with Crippen LogP contribution in [0.25, 0.3) is 0 Å². The van der Waals surface area contributed by atoms with Gasteiger partial charge in [-0.1, -0.05) is 12.1 Å². The number of ether oxygens (including phenoxy) is 1. The van der Waals surface area contributed by atoms with Gasteiger partial charge in [0.1, 0.15) is 5.75 Å². The van der Waals surface area contributed by atoms with Crippen LogP contribution in [0.5, 0.6) is 5.75 Å². The Balaban J connectivity index is 3.02. The summed E-state index contributed by atoms with van der Waals surface area (Å²) < 4.78 is 5.06. The average molecular weight is 208 g/mol. The molecule has 0 unspecified atom stereocenters. The largest absolute Gasteiger partial charge is 0.496 e. The molecule has 15 heavy (non-hydrogen) atoms. The van der Waals surface area contributed by atoms with Crippen LogP contribution in [0, 0.1) is 6.92 Å². The van der Waals surface area contributed by atoms with Crippen molar-refractivity contribution in [2.24, 2.45) is 0 Å². The predicted molar refractivity (Wildman–Crippen MR) is 54.1 cm³/mol. The summed E-state index contributed by atoms with van der Waals surface area (Å²) in [5.41, 5.74) is 1.48. The summed E-state index contributed by atoms with van der Waals surface area (Å²) in [6, 6.07) is 5.31. The fraction of sp³-hybridized carbons (Fsp3) is 0.273. The first kappa shape index (κ1) is 11.2. The summed E-state index contributed by atoms with van der Waals surface area (Å²) in [7, 11) is 1.49. The Labute approximate surface area is 87.5 Å². The van der Waals surface area contributed by atoms with Gasteiger partial charge in [0.25, 0.3) is 0 Å². The molecule has 4 nitrogen and oxygen atoms in total. The topological polar surface area (TPSA) is 63.6 Å². The van der Waals surface area contributed by atoms with E-state index in [0.29, 0.717) is 11.3 Å². The maximum atomic E-state index is 11.1. The van der Waals surface area contributed by atoms with Crippen LogP contribution in [0.1, 0.15) is 11.1 Å². The highest BCUT2D eigenvalue weighted by atomic mass is 16.5. The van der Waals surface area contributed by atoms with Crippen LogP contribution < -0.4 is 4.74 Å². The molecule has 0 heterocycles.